The van der Waals surface area contributed by atoms with Crippen LogP contribution in [0.5, 0.6) is 11.5 Å². The van der Waals surface area contributed by atoms with E-state index in [4.69, 9.17) is 19.9 Å². The molecule has 4 nitrogen and oxygen atoms in total. The topological polar surface area (TPSA) is 53.7 Å². The van der Waals surface area contributed by atoms with Crippen LogP contribution in [0.3, 0.4) is 0 Å². The summed E-state index contributed by atoms with van der Waals surface area (Å²) in [6, 6.07) is 5.92. The summed E-state index contributed by atoms with van der Waals surface area (Å²) < 4.78 is 17.0. The Morgan fingerprint density at radius 3 is 3.00 bits per heavy atom. The molecule has 1 fully saturated rings. The van der Waals surface area contributed by atoms with Gasteiger partial charge < -0.3 is 19.9 Å². The number of ether oxygens (including phenoxy) is 3. The van der Waals surface area contributed by atoms with Crippen molar-refractivity contribution in [3.05, 3.63) is 23.8 Å². The molecule has 0 saturated carbocycles. The van der Waals surface area contributed by atoms with Crippen LogP contribution in [0.2, 0.25) is 0 Å². The molecule has 19 heavy (non-hydrogen) atoms. The molecule has 0 aromatic heterocycles. The fraction of sp³-hybridized carbons (Fsp3) is 0.600. The second kappa shape index (κ2) is 5.39. The van der Waals surface area contributed by atoms with Crippen molar-refractivity contribution in [3.63, 3.8) is 0 Å². The van der Waals surface area contributed by atoms with Crippen molar-refractivity contribution in [2.75, 3.05) is 20.3 Å². The van der Waals surface area contributed by atoms with Gasteiger partial charge in [0.05, 0.1) is 13.7 Å². The van der Waals surface area contributed by atoms with Crippen molar-refractivity contribution in [2.24, 2.45) is 11.7 Å². The number of hydrogen-bond acceptors (Lipinski definition) is 4. The van der Waals surface area contributed by atoms with Crippen LogP contribution in [-0.4, -0.2) is 26.4 Å². The maximum absolute atomic E-state index is 6.27. The first-order chi connectivity index (χ1) is 9.28. The number of fused-ring (bicyclic) bond motifs is 1. The molecule has 2 N–H and O–H groups in total. The molecule has 0 radical (unpaired) electrons. The zero-order valence-corrected chi connectivity index (χ0v) is 11.3. The largest absolute Gasteiger partial charge is 0.497 e. The lowest BCUT2D eigenvalue weighted by Crippen LogP contribution is -2.38. The Morgan fingerprint density at radius 1 is 1.37 bits per heavy atom. The summed E-state index contributed by atoms with van der Waals surface area (Å²) in [5.41, 5.74) is 7.35. The summed E-state index contributed by atoms with van der Waals surface area (Å²) in [5.74, 6) is 2.14. The van der Waals surface area contributed by atoms with Crippen molar-refractivity contribution in [3.8, 4) is 11.5 Å². The van der Waals surface area contributed by atoms with Gasteiger partial charge in [0.1, 0.15) is 17.6 Å². The van der Waals surface area contributed by atoms with Crippen LogP contribution in [0.25, 0.3) is 0 Å². The Hall–Kier alpha value is -1.26. The molecule has 1 aromatic carbocycles. The molecule has 3 rings (SSSR count). The van der Waals surface area contributed by atoms with Crippen LogP contribution < -0.4 is 15.2 Å². The van der Waals surface area contributed by atoms with Gasteiger partial charge in [0, 0.05) is 36.6 Å². The van der Waals surface area contributed by atoms with Crippen molar-refractivity contribution in [2.45, 2.75) is 31.4 Å². The monoisotopic (exact) mass is 263 g/mol. The highest BCUT2D eigenvalue weighted by Gasteiger charge is 2.33. The fourth-order valence-electron chi connectivity index (χ4n) is 2.99. The minimum atomic E-state index is 0.0431. The first-order valence-corrected chi connectivity index (χ1v) is 6.96. The molecule has 104 valence electrons. The van der Waals surface area contributed by atoms with E-state index in [2.05, 4.69) is 0 Å². The minimum absolute atomic E-state index is 0.0431. The van der Waals surface area contributed by atoms with Gasteiger partial charge in [-0.25, -0.2) is 0 Å². The van der Waals surface area contributed by atoms with E-state index in [1.54, 1.807) is 7.11 Å². The number of benzene rings is 1. The molecule has 2 heterocycles. The Kier molecular flexibility index (Phi) is 3.62. The minimum Gasteiger partial charge on any atom is -0.497 e. The highest BCUT2D eigenvalue weighted by molar-refractivity contribution is 5.43. The third kappa shape index (κ3) is 2.55. The van der Waals surface area contributed by atoms with Crippen LogP contribution in [0.15, 0.2) is 18.2 Å². The number of rotatable bonds is 2. The van der Waals surface area contributed by atoms with Gasteiger partial charge in [-0.05, 0) is 18.9 Å². The van der Waals surface area contributed by atoms with Gasteiger partial charge in [-0.15, -0.1) is 0 Å². The predicted molar refractivity (Wildman–Crippen MR) is 72.5 cm³/mol. The zero-order chi connectivity index (χ0) is 13.2. The summed E-state index contributed by atoms with van der Waals surface area (Å²) in [7, 11) is 1.66. The molecular weight excluding hydrogens is 242 g/mol. The molecule has 0 amide bonds. The average molecular weight is 263 g/mol. The molecule has 2 aliphatic heterocycles. The second-order valence-electron chi connectivity index (χ2n) is 5.38. The summed E-state index contributed by atoms with van der Waals surface area (Å²) in [6.07, 6.45) is 3.31. The first-order valence-electron chi connectivity index (χ1n) is 6.96. The van der Waals surface area contributed by atoms with E-state index >= 15 is 0 Å². The standard InChI is InChI=1S/C15H21NO3/c1-17-11-4-5-12-13(16)8-14(19-15(12)7-11)10-3-2-6-18-9-10/h4-5,7,10,13-14H,2-3,6,8-9,16H2,1H3/t10?,13-,14?/m1/s1. The smallest absolute Gasteiger partial charge is 0.128 e. The lowest BCUT2D eigenvalue weighted by atomic mass is 9.87. The van der Waals surface area contributed by atoms with Crippen molar-refractivity contribution < 1.29 is 14.2 Å². The molecule has 0 bridgehead atoms. The number of hydrogen-bond donors (Lipinski definition) is 1. The third-order valence-corrected chi connectivity index (χ3v) is 4.11. The summed E-state index contributed by atoms with van der Waals surface area (Å²) >= 11 is 0. The van der Waals surface area contributed by atoms with Crippen LogP contribution in [0.4, 0.5) is 0 Å². The van der Waals surface area contributed by atoms with E-state index in [0.717, 1.165) is 49.5 Å². The predicted octanol–water partition coefficient (Wildman–Crippen LogP) is 2.27. The Labute approximate surface area is 113 Å². The lowest BCUT2D eigenvalue weighted by molar-refractivity contribution is -0.00930. The van der Waals surface area contributed by atoms with Crippen LogP contribution in [-0.2, 0) is 4.74 Å². The van der Waals surface area contributed by atoms with Crippen molar-refractivity contribution in [1.29, 1.82) is 0 Å². The zero-order valence-electron chi connectivity index (χ0n) is 11.3. The van der Waals surface area contributed by atoms with Gasteiger partial charge in [0.15, 0.2) is 0 Å². The second-order valence-corrected chi connectivity index (χ2v) is 5.38. The highest BCUT2D eigenvalue weighted by atomic mass is 16.5. The highest BCUT2D eigenvalue weighted by Crippen LogP contribution is 2.39. The molecule has 2 unspecified atom stereocenters. The van der Waals surface area contributed by atoms with E-state index in [1.807, 2.05) is 18.2 Å². The molecule has 0 spiro atoms. The van der Waals surface area contributed by atoms with Gasteiger partial charge in [-0.2, -0.15) is 0 Å². The quantitative estimate of drug-likeness (QED) is 0.889. The maximum atomic E-state index is 6.27. The van der Waals surface area contributed by atoms with Crippen LogP contribution >= 0.6 is 0 Å². The van der Waals surface area contributed by atoms with Crippen LogP contribution in [0.1, 0.15) is 30.9 Å². The van der Waals surface area contributed by atoms with E-state index in [1.165, 1.54) is 0 Å². The molecule has 1 saturated heterocycles. The molecule has 3 atom stereocenters. The van der Waals surface area contributed by atoms with Gasteiger partial charge in [0.2, 0.25) is 0 Å². The van der Waals surface area contributed by atoms with Crippen molar-refractivity contribution >= 4 is 0 Å². The molecule has 0 aliphatic carbocycles. The van der Waals surface area contributed by atoms with Crippen molar-refractivity contribution in [1.82, 2.24) is 0 Å². The molecule has 2 aliphatic rings. The van der Waals surface area contributed by atoms with E-state index in [-0.39, 0.29) is 12.1 Å². The average Bonchev–Trinajstić information content (AvgIpc) is 2.47. The van der Waals surface area contributed by atoms with Crippen LogP contribution in [0, 0.1) is 5.92 Å². The normalized spacial score (nSPS) is 30.3. The molecular formula is C15H21NO3. The van der Waals surface area contributed by atoms with Gasteiger partial charge >= 0.3 is 0 Å². The lowest BCUT2D eigenvalue weighted by Gasteiger charge is -2.36. The van der Waals surface area contributed by atoms with Gasteiger partial charge in [-0.1, -0.05) is 6.07 Å². The van der Waals surface area contributed by atoms with E-state index < -0.39 is 0 Å². The molecule has 1 aromatic rings. The van der Waals surface area contributed by atoms with Gasteiger partial charge in [-0.3, -0.25) is 0 Å². The summed E-state index contributed by atoms with van der Waals surface area (Å²) in [5, 5.41) is 0. The molecule has 4 heteroatoms. The van der Waals surface area contributed by atoms with E-state index in [9.17, 15) is 0 Å². The summed E-state index contributed by atoms with van der Waals surface area (Å²) in [4.78, 5) is 0. The fourth-order valence-corrected chi connectivity index (χ4v) is 2.99. The maximum Gasteiger partial charge on any atom is 0.128 e. The summed E-state index contributed by atoms with van der Waals surface area (Å²) in [6.45, 7) is 1.66. The number of nitrogens with two attached hydrogens (primary N) is 1. The Bertz CT molecular complexity index is 443. The Morgan fingerprint density at radius 2 is 2.26 bits per heavy atom. The first kappa shape index (κ1) is 12.8. The Balaban J connectivity index is 1.81. The third-order valence-electron chi connectivity index (χ3n) is 4.11. The van der Waals surface area contributed by atoms with Gasteiger partial charge in [0.25, 0.3) is 0 Å². The SMILES string of the molecule is COc1ccc2c(c1)OC(C1CCCOC1)C[C@H]2N. The van der Waals surface area contributed by atoms with E-state index in [0.29, 0.717) is 5.92 Å². The number of methoxy groups -OCH3 is 1.